The van der Waals surface area contributed by atoms with E-state index in [1.807, 2.05) is 0 Å². The normalized spacial score (nSPS) is 12.1. The van der Waals surface area contributed by atoms with Crippen LogP contribution in [0.1, 0.15) is 27.8 Å². The zero-order chi connectivity index (χ0) is 20.7. The van der Waals surface area contributed by atoms with Crippen LogP contribution in [0.15, 0.2) is 41.4 Å². The van der Waals surface area contributed by atoms with E-state index in [0.717, 1.165) is 6.42 Å². The van der Waals surface area contributed by atoms with Gasteiger partial charge in [-0.1, -0.05) is 29.8 Å². The van der Waals surface area contributed by atoms with Gasteiger partial charge in [0.1, 0.15) is 5.82 Å². The monoisotopic (exact) mass is 405 g/mol. The average molecular weight is 406 g/mol. The number of benzene rings is 2. The Morgan fingerprint density at radius 1 is 1.04 bits per heavy atom. The van der Waals surface area contributed by atoms with Crippen LogP contribution >= 0.6 is 0 Å². The molecule has 0 saturated carbocycles. The van der Waals surface area contributed by atoms with Gasteiger partial charge in [0.05, 0.1) is 5.75 Å². The van der Waals surface area contributed by atoms with E-state index in [1.165, 1.54) is 41.1 Å². The molecule has 0 bridgehead atoms. The molecule has 152 valence electrons. The number of hydrogen-bond acceptors (Lipinski definition) is 3. The Morgan fingerprint density at radius 2 is 1.75 bits per heavy atom. The van der Waals surface area contributed by atoms with Crippen LogP contribution in [0.25, 0.3) is 0 Å². The molecule has 0 heterocycles. The maximum atomic E-state index is 13.6. The third-order valence-corrected chi connectivity index (χ3v) is 5.28. The number of nitrogens with zero attached hydrogens (tertiary/aromatic N) is 1. The van der Waals surface area contributed by atoms with E-state index in [2.05, 4.69) is 47.7 Å². The Hall–Kier alpha value is -2.41. The van der Waals surface area contributed by atoms with Crippen LogP contribution in [0.3, 0.4) is 0 Å². The lowest BCUT2D eigenvalue weighted by Crippen LogP contribution is -2.38. The molecule has 28 heavy (non-hydrogen) atoms. The molecule has 0 radical (unpaired) electrons. The molecule has 0 atom stereocenters. The Balaban J connectivity index is 1.96. The summed E-state index contributed by atoms with van der Waals surface area (Å²) in [5.74, 6) is 0.0643. The molecule has 5 nitrogen and oxygen atoms in total. The van der Waals surface area contributed by atoms with E-state index in [9.17, 15) is 12.8 Å². The van der Waals surface area contributed by atoms with Crippen molar-refractivity contribution in [2.45, 2.75) is 32.6 Å². The van der Waals surface area contributed by atoms with Crippen molar-refractivity contribution < 1.29 is 12.8 Å². The van der Waals surface area contributed by atoms with Gasteiger partial charge >= 0.3 is 0 Å². The second-order valence-electron chi connectivity index (χ2n) is 7.02. The van der Waals surface area contributed by atoms with E-state index >= 15 is 0 Å². The second-order valence-corrected chi connectivity index (χ2v) is 9.16. The number of hydrogen-bond donors (Lipinski definition) is 2. The summed E-state index contributed by atoms with van der Waals surface area (Å²) in [5, 5.41) is 6.37. The first-order valence-corrected chi connectivity index (χ1v) is 11.2. The van der Waals surface area contributed by atoms with Crippen molar-refractivity contribution in [1.82, 2.24) is 10.6 Å². The van der Waals surface area contributed by atoms with Crippen LogP contribution in [-0.4, -0.2) is 34.2 Å². The highest BCUT2D eigenvalue weighted by atomic mass is 32.2. The first-order chi connectivity index (χ1) is 13.2. The summed E-state index contributed by atoms with van der Waals surface area (Å²) < 4.78 is 36.8. The van der Waals surface area contributed by atoms with E-state index in [-0.39, 0.29) is 12.3 Å². The van der Waals surface area contributed by atoms with Gasteiger partial charge in [-0.2, -0.15) is 0 Å². The molecule has 0 fully saturated rings. The van der Waals surface area contributed by atoms with Crippen LogP contribution in [0.2, 0.25) is 0 Å². The highest BCUT2D eigenvalue weighted by Gasteiger charge is 2.11. The van der Waals surface area contributed by atoms with Gasteiger partial charge in [0, 0.05) is 26.4 Å². The summed E-state index contributed by atoms with van der Waals surface area (Å²) in [5.41, 5.74) is 4.96. The molecule has 0 amide bonds. The molecule has 7 heteroatoms. The lowest BCUT2D eigenvalue weighted by atomic mass is 10.0. The smallest absolute Gasteiger partial charge is 0.191 e. The molecule has 2 N–H and O–H groups in total. The predicted molar refractivity (Wildman–Crippen MR) is 113 cm³/mol. The van der Waals surface area contributed by atoms with E-state index in [0.29, 0.717) is 23.6 Å². The van der Waals surface area contributed by atoms with Gasteiger partial charge in [0.15, 0.2) is 15.8 Å². The summed E-state index contributed by atoms with van der Waals surface area (Å²) in [7, 11) is -1.54. The van der Waals surface area contributed by atoms with Crippen LogP contribution < -0.4 is 10.6 Å². The van der Waals surface area contributed by atoms with Crippen molar-refractivity contribution >= 4 is 15.8 Å². The van der Waals surface area contributed by atoms with Gasteiger partial charge in [-0.3, -0.25) is 4.99 Å². The third-order valence-electron chi connectivity index (χ3n) is 4.44. The number of aliphatic imine (C=N–C) groups is 1. The number of guanidine groups is 1. The third kappa shape index (κ3) is 6.96. The SMILES string of the molecule is CN=C(NCCc1ccc(C)cc1C)NCc1cc(F)ccc1CS(C)(=O)=O. The average Bonchev–Trinajstić information content (AvgIpc) is 2.60. The first-order valence-electron chi connectivity index (χ1n) is 9.13. The number of rotatable bonds is 7. The van der Waals surface area contributed by atoms with E-state index < -0.39 is 15.7 Å². The maximum absolute atomic E-state index is 13.6. The van der Waals surface area contributed by atoms with Gasteiger partial charge in [-0.05, 0) is 54.7 Å². The largest absolute Gasteiger partial charge is 0.356 e. The molecule has 0 aromatic heterocycles. The van der Waals surface area contributed by atoms with Crippen molar-refractivity contribution in [1.29, 1.82) is 0 Å². The molecule has 0 aliphatic carbocycles. The number of halogens is 1. The van der Waals surface area contributed by atoms with Crippen LogP contribution in [0.5, 0.6) is 0 Å². The minimum absolute atomic E-state index is 0.122. The standard InChI is InChI=1S/C21H28FN3O2S/c1-15-5-6-17(16(2)11-15)9-10-24-21(23-3)25-13-19-12-20(22)8-7-18(19)14-28(4,26)27/h5-8,11-12H,9-10,13-14H2,1-4H3,(H2,23,24,25). The van der Waals surface area contributed by atoms with Gasteiger partial charge in [0.2, 0.25) is 0 Å². The van der Waals surface area contributed by atoms with Crippen molar-refractivity contribution in [2.75, 3.05) is 19.8 Å². The predicted octanol–water partition coefficient (Wildman–Crippen LogP) is 2.89. The molecule has 0 saturated heterocycles. The van der Waals surface area contributed by atoms with Crippen LogP contribution in [-0.2, 0) is 28.6 Å². The van der Waals surface area contributed by atoms with E-state index in [4.69, 9.17) is 0 Å². The Bertz CT molecular complexity index is 956. The minimum atomic E-state index is -3.20. The zero-order valence-electron chi connectivity index (χ0n) is 16.8. The fraction of sp³-hybridized carbons (Fsp3) is 0.381. The molecule has 0 spiro atoms. The molecule has 0 aliphatic rings. The molecule has 2 aromatic carbocycles. The summed E-state index contributed by atoms with van der Waals surface area (Å²) in [6, 6.07) is 10.5. The fourth-order valence-corrected chi connectivity index (χ4v) is 3.87. The summed E-state index contributed by atoms with van der Waals surface area (Å²) in [4.78, 5) is 4.18. The minimum Gasteiger partial charge on any atom is -0.356 e. The number of nitrogens with one attached hydrogen (secondary N) is 2. The maximum Gasteiger partial charge on any atom is 0.191 e. The summed E-state index contributed by atoms with van der Waals surface area (Å²) in [6.07, 6.45) is 2.02. The van der Waals surface area contributed by atoms with Crippen molar-refractivity contribution in [3.63, 3.8) is 0 Å². The number of sulfone groups is 1. The first kappa shape index (κ1) is 21.9. The van der Waals surface area contributed by atoms with Crippen molar-refractivity contribution in [2.24, 2.45) is 4.99 Å². The highest BCUT2D eigenvalue weighted by molar-refractivity contribution is 7.89. The topological polar surface area (TPSA) is 70.6 Å². The van der Waals surface area contributed by atoms with Gasteiger partial charge in [-0.25, -0.2) is 12.8 Å². The van der Waals surface area contributed by atoms with Gasteiger partial charge in [-0.15, -0.1) is 0 Å². The highest BCUT2D eigenvalue weighted by Crippen LogP contribution is 2.14. The van der Waals surface area contributed by atoms with Gasteiger partial charge in [0.25, 0.3) is 0 Å². The Labute approximate surface area is 167 Å². The number of aryl methyl sites for hydroxylation is 2. The molecule has 2 aromatic rings. The fourth-order valence-electron chi connectivity index (χ4n) is 3.02. The van der Waals surface area contributed by atoms with Crippen molar-refractivity contribution in [3.05, 3.63) is 70.0 Å². The van der Waals surface area contributed by atoms with Gasteiger partial charge < -0.3 is 10.6 Å². The summed E-state index contributed by atoms with van der Waals surface area (Å²) in [6.45, 7) is 5.16. The second kappa shape index (κ2) is 9.68. The zero-order valence-corrected chi connectivity index (χ0v) is 17.7. The lowest BCUT2D eigenvalue weighted by Gasteiger charge is -2.15. The molecule has 0 unspecified atom stereocenters. The molecular formula is C21H28FN3O2S. The van der Waals surface area contributed by atoms with E-state index in [1.54, 1.807) is 7.05 Å². The van der Waals surface area contributed by atoms with Crippen LogP contribution in [0.4, 0.5) is 4.39 Å². The lowest BCUT2D eigenvalue weighted by molar-refractivity contribution is 0.599. The Morgan fingerprint density at radius 3 is 2.39 bits per heavy atom. The summed E-state index contributed by atoms with van der Waals surface area (Å²) >= 11 is 0. The van der Waals surface area contributed by atoms with Crippen molar-refractivity contribution in [3.8, 4) is 0 Å². The molecule has 2 rings (SSSR count). The quantitative estimate of drug-likeness (QED) is 0.549. The molecular weight excluding hydrogens is 377 g/mol. The van der Waals surface area contributed by atoms with Crippen LogP contribution in [0, 0.1) is 19.7 Å². The Kier molecular flexibility index (Phi) is 7.57. The molecule has 0 aliphatic heterocycles.